The highest BCUT2D eigenvalue weighted by Gasteiger charge is 2.24. The minimum Gasteiger partial charge on any atom is -0.454 e. The van der Waals surface area contributed by atoms with Gasteiger partial charge in [-0.05, 0) is 56.0 Å². The molecule has 0 radical (unpaired) electrons. The number of ether oxygens (including phenoxy) is 2. The Balaban J connectivity index is 1.42. The summed E-state index contributed by atoms with van der Waals surface area (Å²) >= 11 is 0. The van der Waals surface area contributed by atoms with Crippen molar-refractivity contribution >= 4 is 11.7 Å². The van der Waals surface area contributed by atoms with Gasteiger partial charge in [-0.3, -0.25) is 9.59 Å². The summed E-state index contributed by atoms with van der Waals surface area (Å²) in [7, 11) is 0. The predicted octanol–water partition coefficient (Wildman–Crippen LogP) is 3.81. The molecule has 0 unspecified atom stereocenters. The summed E-state index contributed by atoms with van der Waals surface area (Å²) in [6.45, 7) is 4.23. The molecule has 3 heterocycles. The summed E-state index contributed by atoms with van der Waals surface area (Å²) in [4.78, 5) is 26.5. The highest BCUT2D eigenvalue weighted by molar-refractivity contribution is 6.04. The molecule has 1 aliphatic carbocycles. The number of benzene rings is 1. The van der Waals surface area contributed by atoms with E-state index in [1.807, 2.05) is 29.8 Å². The van der Waals surface area contributed by atoms with Crippen LogP contribution >= 0.6 is 0 Å². The van der Waals surface area contributed by atoms with Crippen molar-refractivity contribution in [3.05, 3.63) is 69.3 Å². The molecule has 2 aromatic heterocycles. The van der Waals surface area contributed by atoms with Gasteiger partial charge in [0.05, 0.1) is 18.8 Å². The van der Waals surface area contributed by atoms with E-state index in [4.69, 9.17) is 9.47 Å². The largest absolute Gasteiger partial charge is 0.454 e. The maximum Gasteiger partial charge on any atom is 0.263 e. The van der Waals surface area contributed by atoms with Crippen LogP contribution < -0.4 is 20.3 Å². The lowest BCUT2D eigenvalue weighted by Crippen LogP contribution is -2.31. The van der Waals surface area contributed by atoms with E-state index >= 15 is 0 Å². The zero-order valence-corrected chi connectivity index (χ0v) is 18.3. The molecule has 1 amide bonds. The molecule has 8 nitrogen and oxygen atoms in total. The molecule has 0 saturated heterocycles. The molecule has 0 atom stereocenters. The third kappa shape index (κ3) is 3.66. The van der Waals surface area contributed by atoms with Crippen LogP contribution in [0.5, 0.6) is 11.5 Å². The van der Waals surface area contributed by atoms with Crippen molar-refractivity contribution in [3.8, 4) is 11.5 Å². The molecule has 1 aromatic carbocycles. The average molecular weight is 434 g/mol. The number of rotatable bonds is 5. The van der Waals surface area contributed by atoms with Gasteiger partial charge in [0.25, 0.3) is 11.5 Å². The third-order valence-electron chi connectivity index (χ3n) is 6.27. The first-order valence-corrected chi connectivity index (χ1v) is 11.0. The Morgan fingerprint density at radius 2 is 1.91 bits per heavy atom. The van der Waals surface area contributed by atoms with Gasteiger partial charge in [-0.15, -0.1) is 0 Å². The number of nitrogens with zero attached hydrogens (tertiary/aromatic N) is 3. The second kappa shape index (κ2) is 8.18. The first-order valence-electron chi connectivity index (χ1n) is 11.0. The van der Waals surface area contributed by atoms with Crippen molar-refractivity contribution in [1.29, 1.82) is 0 Å². The summed E-state index contributed by atoms with van der Waals surface area (Å²) < 4.78 is 14.2. The van der Waals surface area contributed by atoms with Crippen LogP contribution in [0.2, 0.25) is 0 Å². The fourth-order valence-corrected chi connectivity index (χ4v) is 4.50. The van der Waals surface area contributed by atoms with E-state index in [0.29, 0.717) is 35.5 Å². The number of hydrogen-bond acceptors (Lipinski definition) is 5. The van der Waals surface area contributed by atoms with Gasteiger partial charge >= 0.3 is 0 Å². The molecule has 32 heavy (non-hydrogen) atoms. The fraction of sp³-hybridized carbons (Fsp3) is 0.375. The summed E-state index contributed by atoms with van der Waals surface area (Å²) in [5.41, 5.74) is 2.23. The molecule has 1 aliphatic heterocycles. The first kappa shape index (κ1) is 20.4. The van der Waals surface area contributed by atoms with Gasteiger partial charge in [0, 0.05) is 11.8 Å². The lowest BCUT2D eigenvalue weighted by atomic mass is 10.1. The van der Waals surface area contributed by atoms with Crippen LogP contribution in [0, 0.1) is 13.8 Å². The lowest BCUT2D eigenvalue weighted by Gasteiger charge is -2.16. The van der Waals surface area contributed by atoms with E-state index in [1.165, 1.54) is 12.8 Å². The van der Waals surface area contributed by atoms with Crippen LogP contribution in [0.3, 0.4) is 0 Å². The quantitative estimate of drug-likeness (QED) is 0.660. The average Bonchev–Trinajstić information content (AvgIpc) is 3.52. The smallest absolute Gasteiger partial charge is 0.263 e. The second-order valence-corrected chi connectivity index (χ2v) is 8.51. The lowest BCUT2D eigenvalue weighted by molar-refractivity contribution is 0.102. The van der Waals surface area contributed by atoms with Crippen molar-refractivity contribution in [2.24, 2.45) is 0 Å². The molecule has 0 bridgehead atoms. The van der Waals surface area contributed by atoms with Gasteiger partial charge in [-0.2, -0.15) is 5.10 Å². The van der Waals surface area contributed by atoms with E-state index < -0.39 is 5.91 Å². The standard InChI is InChI=1S/C24H26N4O4/c1-15-9-10-27(13-17-7-8-19-20(11-17)32-14-31-19)24(30)21(15)23(29)26-22-16(2)12-25-28(22)18-5-3-4-6-18/h7-12,18H,3-6,13-14H2,1-2H3,(H,26,29). The molecule has 5 rings (SSSR count). The number of hydrogen-bond donors (Lipinski definition) is 1. The van der Waals surface area contributed by atoms with E-state index in [2.05, 4.69) is 10.4 Å². The van der Waals surface area contributed by atoms with Crippen molar-refractivity contribution in [3.63, 3.8) is 0 Å². The SMILES string of the molecule is Cc1ccn(Cc2ccc3c(c2)OCO3)c(=O)c1C(=O)Nc1c(C)cnn1C1CCCC1. The maximum absolute atomic E-state index is 13.2. The summed E-state index contributed by atoms with van der Waals surface area (Å²) in [6, 6.07) is 7.67. The summed E-state index contributed by atoms with van der Waals surface area (Å²) in [6.07, 6.45) is 7.92. The molecule has 1 N–H and O–H groups in total. The second-order valence-electron chi connectivity index (χ2n) is 8.51. The first-order chi connectivity index (χ1) is 15.5. The van der Waals surface area contributed by atoms with Crippen LogP contribution in [-0.2, 0) is 6.54 Å². The third-order valence-corrected chi connectivity index (χ3v) is 6.27. The topological polar surface area (TPSA) is 87.4 Å². The van der Waals surface area contributed by atoms with Crippen molar-refractivity contribution in [2.75, 3.05) is 12.1 Å². The van der Waals surface area contributed by atoms with Crippen molar-refractivity contribution < 1.29 is 14.3 Å². The number of carbonyl (C=O) groups is 1. The Kier molecular flexibility index (Phi) is 5.20. The molecule has 3 aromatic rings. The molecule has 8 heteroatoms. The van der Waals surface area contributed by atoms with Gasteiger partial charge in [0.2, 0.25) is 6.79 Å². The number of pyridine rings is 1. The van der Waals surface area contributed by atoms with Crippen molar-refractivity contribution in [1.82, 2.24) is 14.3 Å². The monoisotopic (exact) mass is 434 g/mol. The van der Waals surface area contributed by atoms with Crippen LogP contribution in [-0.4, -0.2) is 27.0 Å². The number of nitrogens with one attached hydrogen (secondary N) is 1. The van der Waals surface area contributed by atoms with E-state index in [9.17, 15) is 9.59 Å². The van der Waals surface area contributed by atoms with Crippen molar-refractivity contribution in [2.45, 2.75) is 52.1 Å². The van der Waals surface area contributed by atoms with Crippen LogP contribution in [0.4, 0.5) is 5.82 Å². The summed E-state index contributed by atoms with van der Waals surface area (Å²) in [5, 5.41) is 7.46. The van der Waals surface area contributed by atoms with Gasteiger partial charge in [0.1, 0.15) is 11.4 Å². The highest BCUT2D eigenvalue weighted by atomic mass is 16.7. The van der Waals surface area contributed by atoms with Gasteiger partial charge in [0.15, 0.2) is 11.5 Å². The van der Waals surface area contributed by atoms with Crippen LogP contribution in [0.1, 0.15) is 58.8 Å². The number of fused-ring (bicyclic) bond motifs is 1. The molecule has 1 saturated carbocycles. The van der Waals surface area contributed by atoms with Crippen LogP contribution in [0.25, 0.3) is 0 Å². The minimum absolute atomic E-state index is 0.145. The Morgan fingerprint density at radius 3 is 2.72 bits per heavy atom. The Morgan fingerprint density at radius 1 is 1.12 bits per heavy atom. The number of amides is 1. The Bertz CT molecular complexity index is 1240. The minimum atomic E-state index is -0.407. The fourth-order valence-electron chi connectivity index (χ4n) is 4.50. The van der Waals surface area contributed by atoms with Gasteiger partial charge in [-0.25, -0.2) is 4.68 Å². The molecular weight excluding hydrogens is 408 g/mol. The summed E-state index contributed by atoms with van der Waals surface area (Å²) in [5.74, 6) is 1.62. The number of anilines is 1. The molecule has 1 fully saturated rings. The number of aromatic nitrogens is 3. The zero-order chi connectivity index (χ0) is 22.2. The molecular formula is C24H26N4O4. The predicted molar refractivity (Wildman–Crippen MR) is 120 cm³/mol. The maximum atomic E-state index is 13.2. The van der Waals surface area contributed by atoms with E-state index in [0.717, 1.165) is 24.0 Å². The molecule has 2 aliphatic rings. The number of aryl methyl sites for hydroxylation is 2. The highest BCUT2D eigenvalue weighted by Crippen LogP contribution is 2.33. The van der Waals surface area contributed by atoms with Gasteiger partial charge < -0.3 is 19.4 Å². The number of carbonyl (C=O) groups excluding carboxylic acids is 1. The van der Waals surface area contributed by atoms with Crippen LogP contribution in [0.15, 0.2) is 41.5 Å². The Labute approximate surface area is 185 Å². The molecule has 0 spiro atoms. The van der Waals surface area contributed by atoms with E-state index in [-0.39, 0.29) is 17.9 Å². The zero-order valence-electron chi connectivity index (χ0n) is 18.3. The Hall–Kier alpha value is -3.55. The van der Waals surface area contributed by atoms with E-state index in [1.54, 1.807) is 30.0 Å². The molecule has 166 valence electrons. The normalized spacial score (nSPS) is 15.3. The van der Waals surface area contributed by atoms with Gasteiger partial charge in [-0.1, -0.05) is 18.9 Å².